The van der Waals surface area contributed by atoms with Crippen LogP contribution in [-0.2, 0) is 6.54 Å². The third-order valence-electron chi connectivity index (χ3n) is 6.91. The quantitative estimate of drug-likeness (QED) is 0.357. The second kappa shape index (κ2) is 10.2. The molecule has 37 heavy (non-hydrogen) atoms. The fourth-order valence-corrected chi connectivity index (χ4v) is 4.76. The molecule has 0 radical (unpaired) electrons. The molecule has 1 saturated carbocycles. The van der Waals surface area contributed by atoms with Crippen molar-refractivity contribution in [3.05, 3.63) is 59.6 Å². The molecule has 0 bridgehead atoms. The van der Waals surface area contributed by atoms with Gasteiger partial charge in [-0.05, 0) is 50.1 Å². The molecular weight excluding hydrogens is 490 g/mol. The number of aromatic nitrogens is 5. The van der Waals surface area contributed by atoms with Gasteiger partial charge in [0.05, 0.1) is 17.3 Å². The summed E-state index contributed by atoms with van der Waals surface area (Å²) in [5.41, 5.74) is 2.79. The fourth-order valence-electron chi connectivity index (χ4n) is 4.51. The van der Waals surface area contributed by atoms with Crippen molar-refractivity contribution in [1.29, 1.82) is 0 Å². The topological polar surface area (TPSA) is 90.2 Å². The van der Waals surface area contributed by atoms with Gasteiger partial charge in [-0.1, -0.05) is 17.7 Å². The molecule has 192 valence electrons. The van der Waals surface area contributed by atoms with Crippen molar-refractivity contribution < 1.29 is 9.47 Å². The SMILES string of the molecule is CC1(Oc2ncnc3c2nc(-c2ccc(OCCN4CCNCC4)cc2Cl)n3Cc2ccccn2)CC1. The number of halogens is 1. The molecule has 4 aromatic rings. The molecule has 2 aliphatic rings. The van der Waals surface area contributed by atoms with Crippen LogP contribution < -0.4 is 14.8 Å². The lowest BCUT2D eigenvalue weighted by molar-refractivity contribution is 0.191. The number of ether oxygens (including phenoxy) is 2. The van der Waals surface area contributed by atoms with Gasteiger partial charge in [-0.25, -0.2) is 9.97 Å². The lowest BCUT2D eigenvalue weighted by Gasteiger charge is -2.26. The van der Waals surface area contributed by atoms with E-state index in [1.165, 1.54) is 6.33 Å². The smallest absolute Gasteiger partial charge is 0.245 e. The average molecular weight is 520 g/mol. The summed E-state index contributed by atoms with van der Waals surface area (Å²) in [6.07, 6.45) is 5.32. The van der Waals surface area contributed by atoms with Crippen LogP contribution in [0.4, 0.5) is 0 Å². The first-order valence-corrected chi connectivity index (χ1v) is 13.1. The van der Waals surface area contributed by atoms with Crippen molar-refractivity contribution in [2.24, 2.45) is 0 Å². The molecule has 1 aromatic carbocycles. The van der Waals surface area contributed by atoms with E-state index in [9.17, 15) is 0 Å². The molecule has 1 N–H and O–H groups in total. The van der Waals surface area contributed by atoms with Crippen molar-refractivity contribution in [2.45, 2.75) is 31.9 Å². The van der Waals surface area contributed by atoms with Gasteiger partial charge in [0.1, 0.15) is 30.1 Å². The lowest BCUT2D eigenvalue weighted by Crippen LogP contribution is -2.44. The first kappa shape index (κ1) is 24.1. The number of hydrogen-bond acceptors (Lipinski definition) is 8. The monoisotopic (exact) mass is 519 g/mol. The van der Waals surface area contributed by atoms with E-state index in [1.807, 2.05) is 41.0 Å². The van der Waals surface area contributed by atoms with Crippen LogP contribution in [0.2, 0.25) is 5.02 Å². The minimum absolute atomic E-state index is 0.187. The third-order valence-corrected chi connectivity index (χ3v) is 7.22. The average Bonchev–Trinajstić information content (AvgIpc) is 3.53. The largest absolute Gasteiger partial charge is 0.492 e. The Morgan fingerprint density at radius 2 is 1.95 bits per heavy atom. The maximum Gasteiger partial charge on any atom is 0.245 e. The zero-order valence-electron chi connectivity index (χ0n) is 20.9. The van der Waals surface area contributed by atoms with Crippen LogP contribution in [0.1, 0.15) is 25.5 Å². The molecule has 2 fully saturated rings. The van der Waals surface area contributed by atoms with Gasteiger partial charge in [0.15, 0.2) is 11.2 Å². The van der Waals surface area contributed by atoms with Crippen LogP contribution in [0.3, 0.4) is 0 Å². The highest BCUT2D eigenvalue weighted by molar-refractivity contribution is 6.33. The first-order valence-electron chi connectivity index (χ1n) is 12.7. The van der Waals surface area contributed by atoms with Crippen LogP contribution in [0.25, 0.3) is 22.6 Å². The number of piperazine rings is 1. The van der Waals surface area contributed by atoms with E-state index in [0.717, 1.165) is 62.6 Å². The van der Waals surface area contributed by atoms with Crippen molar-refractivity contribution in [1.82, 2.24) is 34.7 Å². The molecule has 3 aromatic heterocycles. The molecule has 0 unspecified atom stereocenters. The number of benzene rings is 1. The summed E-state index contributed by atoms with van der Waals surface area (Å²) in [6.45, 7) is 8.22. The minimum Gasteiger partial charge on any atom is -0.492 e. The van der Waals surface area contributed by atoms with E-state index in [1.54, 1.807) is 6.20 Å². The van der Waals surface area contributed by atoms with E-state index >= 15 is 0 Å². The number of fused-ring (bicyclic) bond motifs is 1. The lowest BCUT2D eigenvalue weighted by atomic mass is 10.2. The van der Waals surface area contributed by atoms with E-state index in [-0.39, 0.29) is 5.60 Å². The van der Waals surface area contributed by atoms with Crippen LogP contribution in [0.5, 0.6) is 11.6 Å². The Kier molecular flexibility index (Phi) is 6.67. The zero-order valence-corrected chi connectivity index (χ0v) is 21.6. The third kappa shape index (κ3) is 5.39. The highest BCUT2D eigenvalue weighted by Crippen LogP contribution is 2.41. The number of imidazole rings is 1. The van der Waals surface area contributed by atoms with Gasteiger partial charge in [-0.2, -0.15) is 4.98 Å². The van der Waals surface area contributed by atoms with Crippen LogP contribution in [0, 0.1) is 0 Å². The summed E-state index contributed by atoms with van der Waals surface area (Å²) in [5.74, 6) is 1.92. The number of pyridine rings is 1. The maximum atomic E-state index is 6.82. The Hall–Kier alpha value is -3.27. The van der Waals surface area contributed by atoms with Gasteiger partial charge in [-0.15, -0.1) is 0 Å². The number of nitrogens with one attached hydrogen (secondary N) is 1. The Labute approximate surface area is 220 Å². The Morgan fingerprint density at radius 1 is 1.08 bits per heavy atom. The van der Waals surface area contributed by atoms with Gasteiger partial charge in [-0.3, -0.25) is 9.88 Å². The molecule has 0 amide bonds. The summed E-state index contributed by atoms with van der Waals surface area (Å²) < 4.78 is 14.3. The van der Waals surface area contributed by atoms with Crippen LogP contribution >= 0.6 is 11.6 Å². The summed E-state index contributed by atoms with van der Waals surface area (Å²) in [7, 11) is 0. The summed E-state index contributed by atoms with van der Waals surface area (Å²) in [4.78, 5) is 20.8. The van der Waals surface area contributed by atoms with E-state index in [4.69, 9.17) is 26.1 Å². The number of rotatable bonds is 9. The molecule has 0 spiro atoms. The van der Waals surface area contributed by atoms with Gasteiger partial charge >= 0.3 is 0 Å². The minimum atomic E-state index is -0.187. The summed E-state index contributed by atoms with van der Waals surface area (Å²) >= 11 is 6.82. The van der Waals surface area contributed by atoms with Gasteiger partial charge in [0.2, 0.25) is 5.88 Å². The van der Waals surface area contributed by atoms with Gasteiger partial charge in [0, 0.05) is 44.5 Å². The summed E-state index contributed by atoms with van der Waals surface area (Å²) in [5, 5.41) is 3.93. The Morgan fingerprint density at radius 3 is 2.70 bits per heavy atom. The second-order valence-corrected chi connectivity index (χ2v) is 10.2. The highest BCUT2D eigenvalue weighted by Gasteiger charge is 2.41. The number of nitrogens with zero attached hydrogens (tertiary/aromatic N) is 6. The Bertz CT molecular complexity index is 1380. The van der Waals surface area contributed by atoms with Crippen LogP contribution in [0.15, 0.2) is 48.9 Å². The molecule has 1 aliphatic heterocycles. The molecule has 6 rings (SSSR count). The van der Waals surface area contributed by atoms with Crippen molar-refractivity contribution in [3.63, 3.8) is 0 Å². The van der Waals surface area contributed by atoms with Crippen LogP contribution in [-0.4, -0.2) is 74.3 Å². The maximum absolute atomic E-state index is 6.82. The summed E-state index contributed by atoms with van der Waals surface area (Å²) in [6, 6.07) is 11.6. The fraction of sp³-hybridized carbons (Fsp3) is 0.407. The first-order chi connectivity index (χ1) is 18.1. The van der Waals surface area contributed by atoms with Gasteiger partial charge in [0.25, 0.3) is 0 Å². The Balaban J connectivity index is 1.31. The molecule has 1 saturated heterocycles. The van der Waals surface area contributed by atoms with E-state index < -0.39 is 0 Å². The van der Waals surface area contributed by atoms with Crippen molar-refractivity contribution in [3.8, 4) is 23.0 Å². The van der Waals surface area contributed by atoms with E-state index in [2.05, 4.69) is 32.1 Å². The molecular formula is C27H30ClN7O2. The normalized spacial score (nSPS) is 17.1. The molecule has 9 nitrogen and oxygen atoms in total. The predicted molar refractivity (Wildman–Crippen MR) is 142 cm³/mol. The molecule has 4 heterocycles. The van der Waals surface area contributed by atoms with Gasteiger partial charge < -0.3 is 19.4 Å². The molecule has 0 atom stereocenters. The van der Waals surface area contributed by atoms with E-state index in [0.29, 0.717) is 41.0 Å². The standard InChI is InChI=1S/C27H30ClN7O2/c1-27(7-8-27)37-26-23-25(31-18-32-26)35(17-19-4-2-3-9-30-19)24(33-23)21-6-5-20(16-22(21)28)36-15-14-34-12-10-29-11-13-34/h2-6,9,16,18,29H,7-8,10-15,17H2,1H3. The second-order valence-electron chi connectivity index (χ2n) is 9.83. The zero-order chi connectivity index (χ0) is 25.2. The number of hydrogen-bond donors (Lipinski definition) is 1. The predicted octanol–water partition coefficient (Wildman–Crippen LogP) is 3.81. The van der Waals surface area contributed by atoms with Crippen molar-refractivity contribution >= 4 is 22.8 Å². The van der Waals surface area contributed by atoms with Crippen molar-refractivity contribution in [2.75, 3.05) is 39.3 Å². The highest BCUT2D eigenvalue weighted by atomic mass is 35.5. The molecule has 1 aliphatic carbocycles. The molecule has 10 heteroatoms.